The number of hydrogen-bond donors (Lipinski definition) is 2. The summed E-state index contributed by atoms with van der Waals surface area (Å²) >= 11 is 5.08. The quantitative estimate of drug-likeness (QED) is 0.802. The first-order valence-electron chi connectivity index (χ1n) is 5.50. The van der Waals surface area contributed by atoms with Gasteiger partial charge < -0.3 is 5.32 Å². The van der Waals surface area contributed by atoms with Crippen LogP contribution in [-0.4, -0.2) is 31.7 Å². The van der Waals surface area contributed by atoms with Crippen LogP contribution >= 0.6 is 12.2 Å². The first-order valence-corrected chi connectivity index (χ1v) is 7.80. The third-order valence-corrected chi connectivity index (χ3v) is 3.45. The van der Waals surface area contributed by atoms with Crippen LogP contribution in [0.25, 0.3) is 0 Å². The first kappa shape index (κ1) is 13.8. The molecule has 0 aromatic heterocycles. The topological polar surface area (TPSA) is 78.5 Å². The number of anilines is 2. The van der Waals surface area contributed by atoms with Crippen molar-refractivity contribution in [1.29, 1.82) is 0 Å². The van der Waals surface area contributed by atoms with Gasteiger partial charge in [-0.2, -0.15) is 0 Å². The van der Waals surface area contributed by atoms with E-state index in [1.807, 2.05) is 0 Å². The minimum Gasteiger partial charge on any atom is -0.350 e. The highest BCUT2D eigenvalue weighted by Crippen LogP contribution is 2.23. The molecule has 0 bridgehead atoms. The van der Waals surface area contributed by atoms with E-state index in [1.54, 1.807) is 31.2 Å². The Balaban J connectivity index is 2.34. The molecule has 2 rings (SSSR count). The van der Waals surface area contributed by atoms with Crippen molar-refractivity contribution < 1.29 is 13.2 Å². The standard InChI is InChI=1S/C11H13N3O3S2/c1-7-10(15)14(11(18)12-7)9-5-3-4-8(6-9)13-19(2,16)17/h3-7,13H,1-2H3,(H,12,18). The van der Waals surface area contributed by atoms with Crippen molar-refractivity contribution in [3.8, 4) is 0 Å². The summed E-state index contributed by atoms with van der Waals surface area (Å²) < 4.78 is 24.7. The summed E-state index contributed by atoms with van der Waals surface area (Å²) in [7, 11) is -3.36. The molecule has 8 heteroatoms. The highest BCUT2D eigenvalue weighted by molar-refractivity contribution is 7.92. The molecule has 1 fully saturated rings. The average Bonchev–Trinajstić information content (AvgIpc) is 2.51. The smallest absolute Gasteiger partial charge is 0.255 e. The van der Waals surface area contributed by atoms with Gasteiger partial charge in [-0.25, -0.2) is 8.42 Å². The minimum atomic E-state index is -3.36. The number of amides is 1. The Morgan fingerprint density at radius 1 is 1.42 bits per heavy atom. The fourth-order valence-electron chi connectivity index (χ4n) is 1.77. The van der Waals surface area contributed by atoms with E-state index in [-0.39, 0.29) is 11.9 Å². The molecular weight excluding hydrogens is 286 g/mol. The largest absolute Gasteiger partial charge is 0.350 e. The van der Waals surface area contributed by atoms with Crippen LogP contribution in [0.5, 0.6) is 0 Å². The first-order chi connectivity index (χ1) is 8.78. The maximum Gasteiger partial charge on any atom is 0.255 e. The van der Waals surface area contributed by atoms with Crippen molar-refractivity contribution >= 4 is 44.6 Å². The molecule has 1 heterocycles. The molecule has 102 valence electrons. The summed E-state index contributed by atoms with van der Waals surface area (Å²) in [5.41, 5.74) is 0.913. The predicted molar refractivity (Wildman–Crippen MR) is 77.6 cm³/mol. The van der Waals surface area contributed by atoms with Gasteiger partial charge in [0.25, 0.3) is 5.91 Å². The van der Waals surface area contributed by atoms with Crippen molar-refractivity contribution in [2.45, 2.75) is 13.0 Å². The Kier molecular flexibility index (Phi) is 3.46. The highest BCUT2D eigenvalue weighted by Gasteiger charge is 2.33. The molecule has 0 aliphatic carbocycles. The van der Waals surface area contributed by atoms with E-state index in [9.17, 15) is 13.2 Å². The lowest BCUT2D eigenvalue weighted by Crippen LogP contribution is -2.30. The molecule has 1 saturated heterocycles. The Morgan fingerprint density at radius 3 is 2.63 bits per heavy atom. The molecule has 1 aliphatic rings. The fourth-order valence-corrected chi connectivity index (χ4v) is 2.70. The third-order valence-electron chi connectivity index (χ3n) is 2.54. The number of nitrogens with one attached hydrogen (secondary N) is 2. The van der Waals surface area contributed by atoms with Gasteiger partial charge in [-0.3, -0.25) is 14.4 Å². The molecule has 0 saturated carbocycles. The van der Waals surface area contributed by atoms with Crippen LogP contribution in [0.2, 0.25) is 0 Å². The van der Waals surface area contributed by atoms with Gasteiger partial charge >= 0.3 is 0 Å². The van der Waals surface area contributed by atoms with Gasteiger partial charge in [0.05, 0.1) is 17.6 Å². The van der Waals surface area contributed by atoms with E-state index in [0.29, 0.717) is 16.5 Å². The lowest BCUT2D eigenvalue weighted by molar-refractivity contribution is -0.117. The number of sulfonamides is 1. The van der Waals surface area contributed by atoms with Crippen LogP contribution in [0, 0.1) is 0 Å². The number of benzene rings is 1. The summed E-state index contributed by atoms with van der Waals surface area (Å²) in [4.78, 5) is 13.3. The highest BCUT2D eigenvalue weighted by atomic mass is 32.2. The van der Waals surface area contributed by atoms with Crippen LogP contribution in [0.4, 0.5) is 11.4 Å². The van der Waals surface area contributed by atoms with Gasteiger partial charge in [-0.15, -0.1) is 0 Å². The Hall–Kier alpha value is -1.67. The van der Waals surface area contributed by atoms with Crippen LogP contribution in [0.1, 0.15) is 6.92 Å². The number of thiocarbonyl (C=S) groups is 1. The van der Waals surface area contributed by atoms with Gasteiger partial charge in [0.15, 0.2) is 5.11 Å². The third kappa shape index (κ3) is 3.02. The van der Waals surface area contributed by atoms with Gasteiger partial charge in [-0.05, 0) is 37.3 Å². The van der Waals surface area contributed by atoms with E-state index < -0.39 is 10.0 Å². The number of carbonyl (C=O) groups excluding carboxylic acids is 1. The van der Waals surface area contributed by atoms with Crippen molar-refractivity contribution in [3.63, 3.8) is 0 Å². The summed E-state index contributed by atoms with van der Waals surface area (Å²) in [5.74, 6) is -0.165. The molecule has 0 spiro atoms. The SMILES string of the molecule is CC1NC(=S)N(c2cccc(NS(C)(=O)=O)c2)C1=O. The molecule has 6 nitrogen and oxygen atoms in total. The maximum absolute atomic E-state index is 11.9. The molecule has 1 aliphatic heterocycles. The van der Waals surface area contributed by atoms with Crippen molar-refractivity contribution in [2.24, 2.45) is 0 Å². The van der Waals surface area contributed by atoms with Crippen molar-refractivity contribution in [2.75, 3.05) is 15.9 Å². The van der Waals surface area contributed by atoms with E-state index in [4.69, 9.17) is 12.2 Å². The summed E-state index contributed by atoms with van der Waals surface area (Å²) in [5, 5.41) is 3.17. The van der Waals surface area contributed by atoms with E-state index in [1.165, 1.54) is 4.90 Å². The molecule has 1 unspecified atom stereocenters. The predicted octanol–water partition coefficient (Wildman–Crippen LogP) is 0.668. The van der Waals surface area contributed by atoms with E-state index in [2.05, 4.69) is 10.0 Å². The minimum absolute atomic E-state index is 0.165. The Bertz CT molecular complexity index is 642. The maximum atomic E-state index is 11.9. The van der Waals surface area contributed by atoms with Crippen LogP contribution in [-0.2, 0) is 14.8 Å². The number of carbonyl (C=O) groups is 1. The van der Waals surface area contributed by atoms with Gasteiger partial charge in [-0.1, -0.05) is 6.07 Å². The molecular formula is C11H13N3O3S2. The lowest BCUT2D eigenvalue weighted by Gasteiger charge is -2.16. The number of nitrogens with zero attached hydrogens (tertiary/aromatic N) is 1. The Labute approximate surface area is 116 Å². The van der Waals surface area contributed by atoms with Crippen LogP contribution in [0.15, 0.2) is 24.3 Å². The molecule has 1 aromatic rings. The fraction of sp³-hybridized carbons (Fsp3) is 0.273. The summed E-state index contributed by atoms with van der Waals surface area (Å²) in [6.45, 7) is 1.72. The van der Waals surface area contributed by atoms with E-state index in [0.717, 1.165) is 6.26 Å². The second-order valence-electron chi connectivity index (χ2n) is 4.27. The Morgan fingerprint density at radius 2 is 2.11 bits per heavy atom. The zero-order chi connectivity index (χ0) is 14.2. The molecule has 1 atom stereocenters. The van der Waals surface area contributed by atoms with Crippen molar-refractivity contribution in [1.82, 2.24) is 5.32 Å². The molecule has 2 N–H and O–H groups in total. The lowest BCUT2D eigenvalue weighted by atomic mass is 10.2. The molecule has 0 radical (unpaired) electrons. The zero-order valence-electron chi connectivity index (χ0n) is 10.4. The van der Waals surface area contributed by atoms with Crippen LogP contribution in [0.3, 0.4) is 0 Å². The molecule has 1 amide bonds. The summed E-state index contributed by atoms with van der Waals surface area (Å²) in [6, 6.07) is 6.13. The van der Waals surface area contributed by atoms with E-state index >= 15 is 0 Å². The molecule has 19 heavy (non-hydrogen) atoms. The normalized spacial score (nSPS) is 19.5. The second kappa shape index (κ2) is 4.78. The average molecular weight is 299 g/mol. The molecule has 1 aromatic carbocycles. The second-order valence-corrected chi connectivity index (χ2v) is 6.40. The zero-order valence-corrected chi connectivity index (χ0v) is 12.0. The van der Waals surface area contributed by atoms with Crippen LogP contribution < -0.4 is 14.9 Å². The number of hydrogen-bond acceptors (Lipinski definition) is 4. The van der Waals surface area contributed by atoms with Gasteiger partial charge in [0.1, 0.15) is 6.04 Å². The number of rotatable bonds is 3. The van der Waals surface area contributed by atoms with Gasteiger partial charge in [0.2, 0.25) is 10.0 Å². The van der Waals surface area contributed by atoms with Crippen molar-refractivity contribution in [3.05, 3.63) is 24.3 Å². The summed E-state index contributed by atoms with van der Waals surface area (Å²) in [6.07, 6.45) is 1.06. The van der Waals surface area contributed by atoms with Gasteiger partial charge in [0, 0.05) is 0 Å². The monoisotopic (exact) mass is 299 g/mol.